The average molecular weight is 405 g/mol. The second-order valence-electron chi connectivity index (χ2n) is 5.79. The van der Waals surface area contributed by atoms with E-state index in [1.165, 1.54) is 22.8 Å². The van der Waals surface area contributed by atoms with Gasteiger partial charge in [0.2, 0.25) is 5.16 Å². The van der Waals surface area contributed by atoms with Crippen molar-refractivity contribution >= 4 is 29.3 Å². The molecule has 138 valence electrons. The lowest BCUT2D eigenvalue weighted by Crippen LogP contribution is -2.45. The number of benzene rings is 2. The minimum atomic E-state index is -0.366. The van der Waals surface area contributed by atoms with Gasteiger partial charge in [-0.2, -0.15) is 0 Å². The summed E-state index contributed by atoms with van der Waals surface area (Å²) in [6, 6.07) is 13.4. The lowest BCUT2D eigenvalue weighted by molar-refractivity contribution is -0.118. The van der Waals surface area contributed by atoms with Gasteiger partial charge in [-0.3, -0.25) is 4.79 Å². The van der Waals surface area contributed by atoms with Crippen LogP contribution >= 0.6 is 23.4 Å². The second-order valence-corrected chi connectivity index (χ2v) is 7.17. The van der Waals surface area contributed by atoms with Crippen LogP contribution in [0, 0.1) is 5.82 Å². The van der Waals surface area contributed by atoms with Crippen LogP contribution in [0.15, 0.2) is 53.7 Å². The van der Waals surface area contributed by atoms with Gasteiger partial charge in [-0.25, -0.2) is 14.1 Å². The number of fused-ring (bicyclic) bond motifs is 1. The van der Waals surface area contributed by atoms with E-state index in [4.69, 9.17) is 16.3 Å². The van der Waals surface area contributed by atoms with Gasteiger partial charge >= 0.3 is 0 Å². The maximum absolute atomic E-state index is 14.1. The number of hydrogen-bond acceptors (Lipinski definition) is 5. The molecule has 0 spiro atoms. The number of thioether (sulfide) groups is 1. The molecule has 0 aliphatic carbocycles. The molecule has 0 bridgehead atoms. The van der Waals surface area contributed by atoms with E-state index in [0.717, 1.165) is 0 Å². The van der Waals surface area contributed by atoms with Gasteiger partial charge in [-0.15, -0.1) is 10.2 Å². The molecule has 3 aromatic rings. The van der Waals surface area contributed by atoms with Crippen molar-refractivity contribution in [2.24, 2.45) is 0 Å². The maximum Gasteiger partial charge on any atom is 0.252 e. The zero-order valence-corrected chi connectivity index (χ0v) is 15.6. The molecule has 0 fully saturated rings. The van der Waals surface area contributed by atoms with Gasteiger partial charge < -0.3 is 4.74 Å². The summed E-state index contributed by atoms with van der Waals surface area (Å²) in [6.07, 6.45) is 0. The first-order chi connectivity index (χ1) is 13.1. The molecule has 6 nitrogen and oxygen atoms in total. The van der Waals surface area contributed by atoms with Crippen molar-refractivity contribution in [1.29, 1.82) is 0 Å². The zero-order chi connectivity index (χ0) is 18.8. The molecule has 0 unspecified atom stereocenters. The van der Waals surface area contributed by atoms with Crippen molar-refractivity contribution in [3.8, 4) is 5.75 Å². The van der Waals surface area contributed by atoms with Crippen LogP contribution in [-0.2, 0) is 17.9 Å². The van der Waals surface area contributed by atoms with E-state index in [1.54, 1.807) is 47.1 Å². The fourth-order valence-corrected chi connectivity index (χ4v) is 3.69. The van der Waals surface area contributed by atoms with Gasteiger partial charge in [0, 0.05) is 10.6 Å². The molecule has 9 heteroatoms. The van der Waals surface area contributed by atoms with Crippen molar-refractivity contribution in [3.63, 3.8) is 0 Å². The molecule has 2 heterocycles. The normalized spacial score (nSPS) is 13.6. The van der Waals surface area contributed by atoms with Crippen molar-refractivity contribution in [1.82, 2.24) is 14.9 Å². The number of nitrogens with zero attached hydrogens (tertiary/aromatic N) is 4. The summed E-state index contributed by atoms with van der Waals surface area (Å²) in [5, 5.41) is 10.8. The molecular weight excluding hydrogens is 391 g/mol. The van der Waals surface area contributed by atoms with Gasteiger partial charge in [0.1, 0.15) is 18.2 Å². The largest absolute Gasteiger partial charge is 0.485 e. The molecule has 0 saturated heterocycles. The Labute approximate surface area is 163 Å². The van der Waals surface area contributed by atoms with E-state index in [2.05, 4.69) is 10.2 Å². The molecule has 2 aromatic carbocycles. The number of carbonyl (C=O) groups excluding carboxylic acids is 1. The predicted molar refractivity (Wildman–Crippen MR) is 99.9 cm³/mol. The number of halogens is 2. The molecule has 1 aliphatic heterocycles. The fraction of sp³-hybridized carbons (Fsp3) is 0.167. The van der Waals surface area contributed by atoms with Gasteiger partial charge in [0.25, 0.3) is 5.91 Å². The molecule has 0 saturated carbocycles. The Morgan fingerprint density at radius 1 is 1.19 bits per heavy atom. The van der Waals surface area contributed by atoms with Crippen LogP contribution in [0.1, 0.15) is 11.4 Å². The number of amides is 1. The first-order valence-corrected chi connectivity index (χ1v) is 9.47. The predicted octanol–water partition coefficient (Wildman–Crippen LogP) is 3.42. The van der Waals surface area contributed by atoms with Gasteiger partial charge in [0.05, 0.1) is 12.3 Å². The highest BCUT2D eigenvalue weighted by Crippen LogP contribution is 2.26. The summed E-state index contributed by atoms with van der Waals surface area (Å²) in [6.45, 7) is 0.177. The zero-order valence-electron chi connectivity index (χ0n) is 14.0. The third-order valence-electron chi connectivity index (χ3n) is 3.97. The Hall–Kier alpha value is -2.58. The lowest BCUT2D eigenvalue weighted by atomic mass is 10.2. The maximum atomic E-state index is 14.1. The molecule has 1 aliphatic rings. The van der Waals surface area contributed by atoms with Crippen molar-refractivity contribution in [3.05, 3.63) is 70.8 Å². The number of rotatable bonds is 5. The van der Waals surface area contributed by atoms with Crippen LogP contribution in [0.4, 0.5) is 4.39 Å². The Morgan fingerprint density at radius 2 is 2.04 bits per heavy atom. The van der Waals surface area contributed by atoms with Crippen LogP contribution < -0.4 is 9.75 Å². The van der Waals surface area contributed by atoms with Crippen molar-refractivity contribution < 1.29 is 13.9 Å². The Balaban J connectivity index is 1.60. The Kier molecular flexibility index (Phi) is 5.00. The number of hydrogen-bond donors (Lipinski definition) is 0. The summed E-state index contributed by atoms with van der Waals surface area (Å²) in [4.78, 5) is 12.5. The number of ether oxygens (including phenoxy) is 1. The highest BCUT2D eigenvalue weighted by atomic mass is 35.5. The number of carbonyl (C=O) groups is 1. The van der Waals surface area contributed by atoms with E-state index < -0.39 is 0 Å². The fourth-order valence-electron chi connectivity index (χ4n) is 2.68. The molecular formula is C18H14ClFN4O2S. The molecule has 0 N–H and O–H groups in total. The van der Waals surface area contributed by atoms with Crippen LogP contribution in [0.25, 0.3) is 0 Å². The van der Waals surface area contributed by atoms with E-state index >= 15 is 0 Å². The lowest BCUT2D eigenvalue weighted by Gasteiger charge is -2.29. The summed E-state index contributed by atoms with van der Waals surface area (Å²) in [7, 11) is 0. The molecule has 1 amide bonds. The third kappa shape index (κ3) is 3.77. The number of aromatic nitrogens is 3. The summed E-state index contributed by atoms with van der Waals surface area (Å²) < 4.78 is 21.4. The van der Waals surface area contributed by atoms with E-state index in [1.807, 2.05) is 0 Å². The van der Waals surface area contributed by atoms with Gasteiger partial charge in [-0.1, -0.05) is 47.6 Å². The van der Waals surface area contributed by atoms with E-state index in [-0.39, 0.29) is 30.6 Å². The van der Waals surface area contributed by atoms with Crippen molar-refractivity contribution in [2.45, 2.75) is 18.3 Å². The SMILES string of the molecule is O=C1CSc2nnc(COc3cccc(Cl)c3)n2N1Cc1ccccc1F. The minimum Gasteiger partial charge on any atom is -0.485 e. The van der Waals surface area contributed by atoms with E-state index in [9.17, 15) is 9.18 Å². The average Bonchev–Trinajstić information content (AvgIpc) is 3.07. The van der Waals surface area contributed by atoms with Crippen LogP contribution in [-0.4, -0.2) is 26.5 Å². The van der Waals surface area contributed by atoms with Crippen LogP contribution in [0.2, 0.25) is 5.02 Å². The smallest absolute Gasteiger partial charge is 0.252 e. The third-order valence-corrected chi connectivity index (χ3v) is 5.11. The quantitative estimate of drug-likeness (QED) is 0.652. The van der Waals surface area contributed by atoms with Gasteiger partial charge in [0.15, 0.2) is 5.82 Å². The van der Waals surface area contributed by atoms with Crippen molar-refractivity contribution in [2.75, 3.05) is 10.8 Å². The molecule has 0 atom stereocenters. The summed E-state index contributed by atoms with van der Waals surface area (Å²) >= 11 is 7.25. The molecule has 1 aromatic heterocycles. The van der Waals surface area contributed by atoms with Crippen LogP contribution in [0.5, 0.6) is 5.75 Å². The second kappa shape index (κ2) is 7.58. The van der Waals surface area contributed by atoms with E-state index in [0.29, 0.717) is 27.3 Å². The first kappa shape index (κ1) is 17.8. The Bertz CT molecular complexity index is 997. The summed E-state index contributed by atoms with van der Waals surface area (Å²) in [5.41, 5.74) is 0.416. The minimum absolute atomic E-state index is 0.0846. The first-order valence-electron chi connectivity index (χ1n) is 8.11. The summed E-state index contributed by atoms with van der Waals surface area (Å²) in [5.74, 6) is 0.730. The highest BCUT2D eigenvalue weighted by Gasteiger charge is 2.29. The topological polar surface area (TPSA) is 60.2 Å². The molecule has 27 heavy (non-hydrogen) atoms. The monoisotopic (exact) mass is 404 g/mol. The Morgan fingerprint density at radius 3 is 2.85 bits per heavy atom. The standard InChI is InChI=1S/C18H14ClFN4O2S/c19-13-5-3-6-14(8-13)26-10-16-21-22-18-24(16)23(17(25)11-27-18)9-12-4-1-2-7-15(12)20/h1-8H,9-11H2. The molecule has 0 radical (unpaired) electrons. The highest BCUT2D eigenvalue weighted by molar-refractivity contribution is 7.99. The molecule has 4 rings (SSSR count). The van der Waals surface area contributed by atoms with Crippen LogP contribution in [0.3, 0.4) is 0 Å². The van der Waals surface area contributed by atoms with Gasteiger partial charge in [-0.05, 0) is 24.3 Å².